The molecule has 0 bridgehead atoms. The van der Waals surface area contributed by atoms with Crippen molar-refractivity contribution in [1.82, 2.24) is 10.2 Å². The van der Waals surface area contributed by atoms with Gasteiger partial charge in [0.2, 0.25) is 0 Å². The van der Waals surface area contributed by atoms with Gasteiger partial charge in [0.25, 0.3) is 0 Å². The maximum atomic E-state index is 8.71. The molecule has 1 fully saturated rings. The van der Waals surface area contributed by atoms with E-state index in [4.69, 9.17) is 5.26 Å². The van der Waals surface area contributed by atoms with Crippen molar-refractivity contribution < 1.29 is 0 Å². The predicted octanol–water partition coefficient (Wildman–Crippen LogP) is 0.192. The van der Waals surface area contributed by atoms with E-state index >= 15 is 0 Å². The molecule has 0 saturated carbocycles. The van der Waals surface area contributed by atoms with Crippen LogP contribution >= 0.6 is 0 Å². The van der Waals surface area contributed by atoms with Gasteiger partial charge in [0, 0.05) is 19.1 Å². The van der Waals surface area contributed by atoms with E-state index in [1.165, 1.54) is 0 Å². The van der Waals surface area contributed by atoms with Crippen molar-refractivity contribution in [3.63, 3.8) is 0 Å². The van der Waals surface area contributed by atoms with Gasteiger partial charge in [-0.25, -0.2) is 0 Å². The van der Waals surface area contributed by atoms with Crippen LogP contribution in [0.15, 0.2) is 0 Å². The fourth-order valence-electron chi connectivity index (χ4n) is 1.38. The molecule has 1 N–H and O–H groups in total. The standard InChI is InChI=1S/C8H15N3/c1-3-8(4-9)11-5-7(6-11)10-2/h7-8,10H,3,5-6H2,1-2H3/t8-/m1/s1. The first-order valence-electron chi connectivity index (χ1n) is 4.12. The second kappa shape index (κ2) is 3.70. The summed E-state index contributed by atoms with van der Waals surface area (Å²) in [5.74, 6) is 0. The Bertz CT molecular complexity index is 155. The first-order valence-corrected chi connectivity index (χ1v) is 4.12. The van der Waals surface area contributed by atoms with Gasteiger partial charge in [-0.15, -0.1) is 0 Å². The summed E-state index contributed by atoms with van der Waals surface area (Å²) in [6.07, 6.45) is 0.937. The van der Waals surface area contributed by atoms with Crippen LogP contribution in [0.2, 0.25) is 0 Å². The zero-order valence-corrected chi connectivity index (χ0v) is 7.17. The van der Waals surface area contributed by atoms with Gasteiger partial charge >= 0.3 is 0 Å². The van der Waals surface area contributed by atoms with Gasteiger partial charge in [-0.3, -0.25) is 4.90 Å². The summed E-state index contributed by atoms with van der Waals surface area (Å²) >= 11 is 0. The Hall–Kier alpha value is -0.590. The van der Waals surface area contributed by atoms with Crippen LogP contribution in [-0.2, 0) is 0 Å². The van der Waals surface area contributed by atoms with E-state index in [0.29, 0.717) is 6.04 Å². The highest BCUT2D eigenvalue weighted by atomic mass is 15.3. The van der Waals surface area contributed by atoms with Gasteiger partial charge in [-0.1, -0.05) is 6.92 Å². The molecule has 1 aliphatic heterocycles. The number of hydrogen-bond donors (Lipinski definition) is 1. The second-order valence-corrected chi connectivity index (χ2v) is 2.99. The Morgan fingerprint density at radius 1 is 1.73 bits per heavy atom. The highest BCUT2D eigenvalue weighted by Gasteiger charge is 2.29. The van der Waals surface area contributed by atoms with Crippen LogP contribution in [0.1, 0.15) is 13.3 Å². The van der Waals surface area contributed by atoms with E-state index in [1.54, 1.807) is 0 Å². The molecule has 1 aliphatic rings. The van der Waals surface area contributed by atoms with Crippen molar-refractivity contribution in [2.45, 2.75) is 25.4 Å². The van der Waals surface area contributed by atoms with Crippen molar-refractivity contribution in [1.29, 1.82) is 5.26 Å². The number of likely N-dealkylation sites (N-methyl/N-ethyl adjacent to an activating group) is 1. The molecule has 0 aromatic rings. The van der Waals surface area contributed by atoms with Crippen LogP contribution in [0.3, 0.4) is 0 Å². The molecule has 1 saturated heterocycles. The zero-order chi connectivity index (χ0) is 8.27. The molecular weight excluding hydrogens is 138 g/mol. The summed E-state index contributed by atoms with van der Waals surface area (Å²) in [4.78, 5) is 2.21. The molecule has 0 aliphatic carbocycles. The Balaban J connectivity index is 2.26. The van der Waals surface area contributed by atoms with E-state index in [2.05, 4.69) is 23.2 Å². The molecule has 1 heterocycles. The van der Waals surface area contributed by atoms with Crippen LogP contribution in [0.25, 0.3) is 0 Å². The zero-order valence-electron chi connectivity index (χ0n) is 7.17. The summed E-state index contributed by atoms with van der Waals surface area (Å²) in [6, 6.07) is 3.04. The normalized spacial score (nSPS) is 22.3. The van der Waals surface area contributed by atoms with Gasteiger partial charge in [0.15, 0.2) is 0 Å². The minimum Gasteiger partial charge on any atom is -0.315 e. The van der Waals surface area contributed by atoms with E-state index < -0.39 is 0 Å². The summed E-state index contributed by atoms with van der Waals surface area (Å²) in [5.41, 5.74) is 0. The van der Waals surface area contributed by atoms with Gasteiger partial charge in [0.1, 0.15) is 0 Å². The van der Waals surface area contributed by atoms with Crippen LogP contribution in [-0.4, -0.2) is 37.1 Å². The lowest BCUT2D eigenvalue weighted by molar-refractivity contribution is 0.102. The van der Waals surface area contributed by atoms with E-state index in [1.807, 2.05) is 7.05 Å². The molecule has 1 atom stereocenters. The molecule has 0 aromatic heterocycles. The SMILES string of the molecule is CC[C@H](C#N)N1CC(NC)C1. The summed E-state index contributed by atoms with van der Waals surface area (Å²) in [5, 5.41) is 11.9. The third-order valence-electron chi connectivity index (χ3n) is 2.29. The first-order chi connectivity index (χ1) is 5.31. The Kier molecular flexibility index (Phi) is 2.86. The molecule has 11 heavy (non-hydrogen) atoms. The number of rotatable bonds is 3. The van der Waals surface area contributed by atoms with Crippen molar-refractivity contribution >= 4 is 0 Å². The maximum absolute atomic E-state index is 8.71. The third-order valence-corrected chi connectivity index (χ3v) is 2.29. The average molecular weight is 153 g/mol. The highest BCUT2D eigenvalue weighted by Crippen LogP contribution is 2.13. The van der Waals surface area contributed by atoms with Gasteiger partial charge in [0.05, 0.1) is 12.1 Å². The fourth-order valence-corrected chi connectivity index (χ4v) is 1.38. The van der Waals surface area contributed by atoms with E-state index in [9.17, 15) is 0 Å². The van der Waals surface area contributed by atoms with Crippen molar-refractivity contribution in [2.75, 3.05) is 20.1 Å². The summed E-state index contributed by atoms with van der Waals surface area (Å²) in [7, 11) is 1.97. The number of likely N-dealkylation sites (tertiary alicyclic amines) is 1. The van der Waals surface area contributed by atoms with Gasteiger partial charge in [-0.05, 0) is 13.5 Å². The van der Waals surface area contributed by atoms with Crippen LogP contribution in [0.4, 0.5) is 0 Å². The summed E-state index contributed by atoms with van der Waals surface area (Å²) in [6.45, 7) is 4.12. The number of nitrogens with zero attached hydrogens (tertiary/aromatic N) is 2. The van der Waals surface area contributed by atoms with E-state index in [-0.39, 0.29) is 6.04 Å². The third kappa shape index (κ3) is 1.70. The monoisotopic (exact) mass is 153 g/mol. The molecule has 3 heteroatoms. The maximum Gasteiger partial charge on any atom is 0.0976 e. The fraction of sp³-hybridized carbons (Fsp3) is 0.875. The number of hydrogen-bond acceptors (Lipinski definition) is 3. The first kappa shape index (κ1) is 8.51. The minimum absolute atomic E-state index is 0.139. The van der Waals surface area contributed by atoms with Crippen molar-refractivity contribution in [3.8, 4) is 6.07 Å². The lowest BCUT2D eigenvalue weighted by atomic mass is 10.0. The molecule has 0 radical (unpaired) electrons. The summed E-state index contributed by atoms with van der Waals surface area (Å²) < 4.78 is 0. The predicted molar refractivity (Wildman–Crippen MR) is 44.1 cm³/mol. The quantitative estimate of drug-likeness (QED) is 0.629. The molecule has 0 aromatic carbocycles. The smallest absolute Gasteiger partial charge is 0.0976 e. The van der Waals surface area contributed by atoms with Gasteiger partial charge in [-0.2, -0.15) is 5.26 Å². The molecule has 62 valence electrons. The van der Waals surface area contributed by atoms with Gasteiger partial charge < -0.3 is 5.32 Å². The largest absolute Gasteiger partial charge is 0.315 e. The van der Waals surface area contributed by atoms with E-state index in [0.717, 1.165) is 19.5 Å². The highest BCUT2D eigenvalue weighted by molar-refractivity contribution is 4.98. The molecule has 0 spiro atoms. The Labute approximate surface area is 68.0 Å². The lowest BCUT2D eigenvalue weighted by Crippen LogP contribution is -2.59. The second-order valence-electron chi connectivity index (χ2n) is 2.99. The molecule has 0 unspecified atom stereocenters. The van der Waals surface area contributed by atoms with Crippen molar-refractivity contribution in [3.05, 3.63) is 0 Å². The molecular formula is C8H15N3. The van der Waals surface area contributed by atoms with Crippen LogP contribution in [0, 0.1) is 11.3 Å². The van der Waals surface area contributed by atoms with Crippen molar-refractivity contribution in [2.24, 2.45) is 0 Å². The number of nitrogens with one attached hydrogen (secondary N) is 1. The molecule has 0 amide bonds. The Morgan fingerprint density at radius 2 is 2.36 bits per heavy atom. The lowest BCUT2D eigenvalue weighted by Gasteiger charge is -2.41. The van der Waals surface area contributed by atoms with Crippen LogP contribution < -0.4 is 5.32 Å². The topological polar surface area (TPSA) is 39.1 Å². The number of nitriles is 1. The Morgan fingerprint density at radius 3 is 2.73 bits per heavy atom. The average Bonchev–Trinajstić information content (AvgIpc) is 1.95. The van der Waals surface area contributed by atoms with Crippen LogP contribution in [0.5, 0.6) is 0 Å². The molecule has 3 nitrogen and oxygen atoms in total. The molecule has 1 rings (SSSR count). The minimum atomic E-state index is 0.139.